The fraction of sp³-hybridized carbons (Fsp3) is 0.250. The first-order chi connectivity index (χ1) is 16.6. The molecule has 0 bridgehead atoms. The smallest absolute Gasteiger partial charge is 0.265 e. The predicted octanol–water partition coefficient (Wildman–Crippen LogP) is 5.21. The largest absolute Gasteiger partial charge is 0.342 e. The van der Waals surface area contributed by atoms with Gasteiger partial charge in [0.25, 0.3) is 11.8 Å². The number of carbonyl (C=O) groups is 2. The van der Waals surface area contributed by atoms with Crippen LogP contribution in [-0.2, 0) is 16.1 Å². The first-order valence-electron chi connectivity index (χ1n) is 11.8. The number of rotatable bonds is 6. The zero-order valence-corrected chi connectivity index (χ0v) is 19.8. The van der Waals surface area contributed by atoms with Crippen molar-refractivity contribution in [3.63, 3.8) is 0 Å². The second-order valence-electron chi connectivity index (χ2n) is 8.85. The van der Waals surface area contributed by atoms with Crippen LogP contribution >= 0.6 is 12.2 Å². The van der Waals surface area contributed by atoms with Crippen LogP contribution in [0, 0.1) is 0 Å². The summed E-state index contributed by atoms with van der Waals surface area (Å²) in [6, 6.07) is 18.3. The third-order valence-electron chi connectivity index (χ3n) is 6.54. The maximum Gasteiger partial charge on any atom is 0.265 e. The Labute approximate surface area is 204 Å². The van der Waals surface area contributed by atoms with E-state index in [2.05, 4.69) is 34.2 Å². The molecule has 34 heavy (non-hydrogen) atoms. The molecule has 0 radical (unpaired) electrons. The Balaban J connectivity index is 1.45. The van der Waals surface area contributed by atoms with Gasteiger partial charge in [0, 0.05) is 35.8 Å². The van der Waals surface area contributed by atoms with Gasteiger partial charge in [0.05, 0.1) is 0 Å². The van der Waals surface area contributed by atoms with Gasteiger partial charge in [-0.15, -0.1) is 0 Å². The molecule has 2 amide bonds. The van der Waals surface area contributed by atoms with Crippen molar-refractivity contribution in [1.82, 2.24) is 14.8 Å². The Morgan fingerprint density at radius 1 is 1.00 bits per heavy atom. The second-order valence-corrected chi connectivity index (χ2v) is 9.23. The van der Waals surface area contributed by atoms with Crippen LogP contribution in [0.15, 0.2) is 78.0 Å². The molecule has 1 aliphatic heterocycles. The lowest BCUT2D eigenvalue weighted by Gasteiger charge is -2.29. The molecule has 5 nitrogen and oxygen atoms in total. The Bertz CT molecular complexity index is 1320. The highest BCUT2D eigenvalue weighted by Gasteiger charge is 2.33. The highest BCUT2D eigenvalue weighted by Crippen LogP contribution is 2.26. The van der Waals surface area contributed by atoms with Crippen LogP contribution in [0.1, 0.15) is 43.2 Å². The normalized spacial score (nSPS) is 17.9. The highest BCUT2D eigenvalue weighted by molar-refractivity contribution is 7.80. The van der Waals surface area contributed by atoms with Crippen molar-refractivity contribution >= 4 is 46.1 Å². The van der Waals surface area contributed by atoms with Gasteiger partial charge in [-0.2, -0.15) is 0 Å². The lowest BCUT2D eigenvalue weighted by atomic mass is 9.97. The quantitative estimate of drug-likeness (QED) is 0.233. The summed E-state index contributed by atoms with van der Waals surface area (Å²) in [5.74, 6) is -0.770. The van der Waals surface area contributed by atoms with E-state index < -0.39 is 5.91 Å². The molecular formula is C28H27N3O2S. The van der Waals surface area contributed by atoms with Gasteiger partial charge in [0.1, 0.15) is 5.57 Å². The van der Waals surface area contributed by atoms with Crippen LogP contribution in [0.3, 0.4) is 0 Å². The number of amides is 2. The summed E-state index contributed by atoms with van der Waals surface area (Å²) < 4.78 is 2.15. The number of fused-ring (bicyclic) bond motifs is 1. The Kier molecular flexibility index (Phi) is 6.41. The molecule has 5 rings (SSSR count). The number of para-hydroxylation sites is 1. The van der Waals surface area contributed by atoms with Crippen LogP contribution in [0.2, 0.25) is 0 Å². The maximum atomic E-state index is 13.3. The third-order valence-corrected chi connectivity index (χ3v) is 6.86. The summed E-state index contributed by atoms with van der Waals surface area (Å²) in [5.41, 5.74) is 4.57. The predicted molar refractivity (Wildman–Crippen MR) is 139 cm³/mol. The summed E-state index contributed by atoms with van der Waals surface area (Å²) in [4.78, 5) is 27.6. The number of carbonyl (C=O) groups excluding carboxylic acids is 2. The number of nitrogens with zero attached hydrogens (tertiary/aromatic N) is 2. The van der Waals surface area contributed by atoms with Crippen LogP contribution < -0.4 is 5.32 Å². The van der Waals surface area contributed by atoms with Gasteiger partial charge in [-0.3, -0.25) is 19.8 Å². The second kappa shape index (κ2) is 9.77. The van der Waals surface area contributed by atoms with E-state index in [4.69, 9.17) is 12.2 Å². The first-order valence-corrected chi connectivity index (χ1v) is 12.2. The average molecular weight is 470 g/mol. The van der Waals surface area contributed by atoms with E-state index in [1.165, 1.54) is 28.9 Å². The van der Waals surface area contributed by atoms with Crippen molar-refractivity contribution in [3.8, 4) is 0 Å². The lowest BCUT2D eigenvalue weighted by molar-refractivity contribution is -0.128. The van der Waals surface area contributed by atoms with E-state index in [-0.39, 0.29) is 16.6 Å². The number of allylic oxidation sites excluding steroid dienone is 1. The Hall–Kier alpha value is -3.51. The van der Waals surface area contributed by atoms with Gasteiger partial charge in [0.2, 0.25) is 0 Å². The van der Waals surface area contributed by atoms with Crippen molar-refractivity contribution in [2.24, 2.45) is 0 Å². The number of thiocarbonyl (C=S) groups is 1. The Morgan fingerprint density at radius 3 is 2.59 bits per heavy atom. The monoisotopic (exact) mass is 469 g/mol. The van der Waals surface area contributed by atoms with Crippen molar-refractivity contribution in [1.29, 1.82) is 0 Å². The first kappa shape index (κ1) is 22.3. The molecule has 1 aromatic heterocycles. The fourth-order valence-corrected chi connectivity index (χ4v) is 5.01. The van der Waals surface area contributed by atoms with Crippen LogP contribution in [0.25, 0.3) is 17.0 Å². The molecule has 2 aliphatic rings. The molecule has 0 unspecified atom stereocenters. The van der Waals surface area contributed by atoms with E-state index in [9.17, 15) is 9.59 Å². The summed E-state index contributed by atoms with van der Waals surface area (Å²) in [7, 11) is 0. The topological polar surface area (TPSA) is 54.3 Å². The zero-order valence-electron chi connectivity index (χ0n) is 19.0. The minimum absolute atomic E-state index is 0.119. The number of hydrogen-bond acceptors (Lipinski definition) is 3. The third kappa shape index (κ3) is 4.59. The zero-order chi connectivity index (χ0) is 23.5. The van der Waals surface area contributed by atoms with Crippen LogP contribution in [0.4, 0.5) is 0 Å². The van der Waals surface area contributed by atoms with Gasteiger partial charge < -0.3 is 4.57 Å². The molecule has 3 aromatic rings. The van der Waals surface area contributed by atoms with Crippen LogP contribution in [-0.4, -0.2) is 32.9 Å². The summed E-state index contributed by atoms with van der Waals surface area (Å²) in [5, 5.41) is 3.90. The molecule has 2 aromatic carbocycles. The van der Waals surface area contributed by atoms with Gasteiger partial charge in [0.15, 0.2) is 5.11 Å². The molecule has 6 heteroatoms. The Morgan fingerprint density at radius 2 is 1.79 bits per heavy atom. The van der Waals surface area contributed by atoms with Gasteiger partial charge in [-0.05, 0) is 62.0 Å². The highest BCUT2D eigenvalue weighted by atomic mass is 32.1. The summed E-state index contributed by atoms with van der Waals surface area (Å²) >= 11 is 5.34. The SMILES string of the molecule is O=C1NC(=S)N(CCC2=CCCCC2)C(=O)/C1=C\c1cn(Cc2ccccc2)c2ccccc12. The number of benzene rings is 2. The van der Waals surface area contributed by atoms with E-state index in [1.807, 2.05) is 42.6 Å². The van der Waals surface area contributed by atoms with Crippen molar-refractivity contribution in [2.75, 3.05) is 6.54 Å². The van der Waals surface area contributed by atoms with Gasteiger partial charge in [-0.1, -0.05) is 60.2 Å². The molecule has 1 aliphatic carbocycles. The molecule has 1 saturated heterocycles. The standard InChI is InChI=1S/C28H27N3O2S/c32-26-24(27(33)31(28(34)29-26)16-15-20-9-3-1-4-10-20)17-22-19-30(18-21-11-5-2-6-12-21)25-14-8-7-13-23(22)25/h2,5-9,11-14,17,19H,1,3-4,10,15-16,18H2,(H,29,32,34)/b24-17-. The van der Waals surface area contributed by atoms with E-state index in [0.717, 1.165) is 35.7 Å². The lowest BCUT2D eigenvalue weighted by Crippen LogP contribution is -2.54. The number of nitrogens with one attached hydrogen (secondary N) is 1. The van der Waals surface area contributed by atoms with Crippen molar-refractivity contribution in [3.05, 3.63) is 89.1 Å². The fourth-order valence-electron chi connectivity index (χ4n) is 4.74. The average Bonchev–Trinajstić information content (AvgIpc) is 3.20. The summed E-state index contributed by atoms with van der Waals surface area (Å²) in [6.07, 6.45) is 11.4. The minimum atomic E-state index is -0.442. The number of hydrogen-bond donors (Lipinski definition) is 1. The number of aromatic nitrogens is 1. The molecule has 172 valence electrons. The molecular weight excluding hydrogens is 442 g/mol. The maximum absolute atomic E-state index is 13.3. The molecule has 2 heterocycles. The molecule has 0 saturated carbocycles. The summed E-state index contributed by atoms with van der Waals surface area (Å²) in [6.45, 7) is 1.19. The van der Waals surface area contributed by atoms with E-state index in [1.54, 1.807) is 6.08 Å². The molecule has 0 atom stereocenters. The molecule has 1 fully saturated rings. The van der Waals surface area contributed by atoms with Crippen LogP contribution in [0.5, 0.6) is 0 Å². The minimum Gasteiger partial charge on any atom is -0.342 e. The van der Waals surface area contributed by atoms with E-state index >= 15 is 0 Å². The molecule has 1 N–H and O–H groups in total. The van der Waals surface area contributed by atoms with Crippen molar-refractivity contribution in [2.45, 2.75) is 38.6 Å². The van der Waals surface area contributed by atoms with Crippen molar-refractivity contribution < 1.29 is 9.59 Å². The molecule has 0 spiro atoms. The van der Waals surface area contributed by atoms with E-state index in [0.29, 0.717) is 13.1 Å². The van der Waals surface area contributed by atoms with Gasteiger partial charge >= 0.3 is 0 Å². The van der Waals surface area contributed by atoms with Gasteiger partial charge in [-0.25, -0.2) is 0 Å².